The first-order valence-corrected chi connectivity index (χ1v) is 30.5. The number of carbonyl (C=O) groups is 1. The number of carbonyl (C=O) groups excluding carboxylic acids is 1. The average Bonchev–Trinajstić information content (AvgIpc) is 1.55. The Hall–Kier alpha value is -11.5. The molecule has 0 saturated heterocycles. The number of nitrogens with zero attached hydrogens (tertiary/aromatic N) is 4. The first-order valence-electron chi connectivity index (χ1n) is 30.5. The maximum Gasteiger partial charge on any atom is 0.309 e. The van der Waals surface area contributed by atoms with Gasteiger partial charge in [-0.3, -0.25) is 35.1 Å². The lowest BCUT2D eigenvalue weighted by atomic mass is 9.89. The summed E-state index contributed by atoms with van der Waals surface area (Å²) < 4.78 is 12.5. The van der Waals surface area contributed by atoms with Gasteiger partial charge >= 0.3 is 5.97 Å². The van der Waals surface area contributed by atoms with Gasteiger partial charge in [-0.25, -0.2) is 0 Å². The van der Waals surface area contributed by atoms with Gasteiger partial charge < -0.3 is 14.3 Å². The second-order valence-electron chi connectivity index (χ2n) is 22.4. The van der Waals surface area contributed by atoms with E-state index in [9.17, 15) is 35.1 Å². The van der Waals surface area contributed by atoms with Crippen LogP contribution in [0.25, 0.3) is 11.1 Å². The third-order valence-corrected chi connectivity index (χ3v) is 15.2. The zero-order valence-corrected chi connectivity index (χ0v) is 52.0. The normalized spacial score (nSPS) is 11.1. The molecular weight excluding hydrogens is 1150 g/mol. The van der Waals surface area contributed by atoms with Gasteiger partial charge in [0.15, 0.2) is 5.75 Å². The predicted molar refractivity (Wildman–Crippen MR) is 358 cm³/mol. The maximum atomic E-state index is 12.7. The first kappa shape index (κ1) is 65.0. The van der Waals surface area contributed by atoms with Crippen molar-refractivity contribution >= 4 is 28.7 Å². The molecule has 14 heteroatoms. The molecule has 0 aliphatic heterocycles. The third kappa shape index (κ3) is 17.6. The van der Waals surface area contributed by atoms with Gasteiger partial charge in [-0.05, 0) is 120 Å². The van der Waals surface area contributed by atoms with Crippen LogP contribution in [0.5, 0.6) is 5.75 Å². The number of benzene rings is 8. The number of hydrogen-bond donors (Lipinski definition) is 0. The van der Waals surface area contributed by atoms with E-state index in [0.717, 1.165) is 119 Å². The van der Waals surface area contributed by atoms with Crippen LogP contribution in [0.4, 0.5) is 17.1 Å². The molecule has 0 spiro atoms. The van der Waals surface area contributed by atoms with Crippen molar-refractivity contribution in [3.8, 4) is 76.1 Å². The summed E-state index contributed by atoms with van der Waals surface area (Å²) in [7, 11) is 0. The Labute approximate surface area is 536 Å². The molecule has 0 N–H and O–H groups in total. The highest BCUT2D eigenvalue weighted by molar-refractivity contribution is 6.26. The maximum absolute atomic E-state index is 12.7. The molecule has 0 atom stereocenters. The number of fused-ring (bicyclic) bond motifs is 3. The fourth-order valence-corrected chi connectivity index (χ4v) is 10.1. The van der Waals surface area contributed by atoms with E-state index in [2.05, 4.69) is 85.1 Å². The number of oxime groups is 1. The van der Waals surface area contributed by atoms with Gasteiger partial charge in [0.1, 0.15) is 12.3 Å². The molecule has 8 aromatic carbocycles. The average molecular weight is 1220 g/mol. The highest BCUT2D eigenvalue weighted by Gasteiger charge is 2.36. The first-order chi connectivity index (χ1) is 44.6. The Morgan fingerprint density at radius 2 is 0.761 bits per heavy atom. The molecule has 0 saturated carbocycles. The Morgan fingerprint density at radius 3 is 1.16 bits per heavy atom. The van der Waals surface area contributed by atoms with E-state index < -0.39 is 32.1 Å². The molecule has 14 nitrogen and oxygen atoms in total. The summed E-state index contributed by atoms with van der Waals surface area (Å²) in [5, 5.41) is 39.4. The molecule has 0 bridgehead atoms. The van der Waals surface area contributed by atoms with Crippen LogP contribution in [-0.2, 0) is 14.4 Å². The summed E-state index contributed by atoms with van der Waals surface area (Å²) in [6.45, 7) is 10.6. The summed E-state index contributed by atoms with van der Waals surface area (Å²) in [4.78, 5) is 51.2. The van der Waals surface area contributed by atoms with Crippen molar-refractivity contribution in [2.24, 2.45) is 5.16 Å². The lowest BCUT2D eigenvalue weighted by molar-refractivity contribution is -0.393. The number of aryl methyl sites for hydroxylation is 5. The Balaban J connectivity index is 0.871. The summed E-state index contributed by atoms with van der Waals surface area (Å²) >= 11 is 0. The van der Waals surface area contributed by atoms with Crippen molar-refractivity contribution < 1.29 is 33.9 Å². The fraction of sp³-hybridized carbons (Fsp3) is 0.231. The Morgan fingerprint density at radius 1 is 0.391 bits per heavy atom. The van der Waals surface area contributed by atoms with Crippen LogP contribution in [0.1, 0.15) is 159 Å². The number of nitro groups is 3. The standard InChI is InChI=1S/C78H66N4O10/c1-54-15-25-59(26-16-54)35-41-66-67(42-36-60-27-17-55(2)18-28-60)70(44-38-62-31-21-57(4)22-32-62)78(71(45-39-63-33-23-58(5)24-34-63)68(66)43-37-61-29-19-56(3)20-30-61)91-49-14-12-10-8-6-7-9-11-13-48-90-75(83)47-50-92-79-77-72-51-64(80(84)85)40-46-69(72)76-73(77)52-65(81(86)87)53-74(76)82(88)89/h15-34,40,46,51-53H,6-14,47-50H2,1-5H3/b79-77+. The molecule has 8 aromatic rings. The van der Waals surface area contributed by atoms with Gasteiger partial charge in [0.25, 0.3) is 17.1 Å². The van der Waals surface area contributed by atoms with Crippen molar-refractivity contribution in [2.75, 3.05) is 19.8 Å². The van der Waals surface area contributed by atoms with Crippen LogP contribution < -0.4 is 4.74 Å². The van der Waals surface area contributed by atoms with Crippen molar-refractivity contribution in [1.82, 2.24) is 0 Å². The molecular formula is C78H66N4O10. The number of rotatable bonds is 20. The van der Waals surface area contributed by atoms with Gasteiger partial charge in [0.05, 0.1) is 73.9 Å². The molecule has 0 amide bonds. The van der Waals surface area contributed by atoms with Gasteiger partial charge in [0.2, 0.25) is 0 Å². The third-order valence-electron chi connectivity index (χ3n) is 15.2. The summed E-state index contributed by atoms with van der Waals surface area (Å²) in [5.41, 5.74) is 11.6. The number of ether oxygens (including phenoxy) is 2. The molecule has 0 radical (unpaired) electrons. The van der Waals surface area contributed by atoms with Crippen molar-refractivity contribution in [2.45, 2.75) is 98.8 Å². The summed E-state index contributed by atoms with van der Waals surface area (Å²) in [6.07, 6.45) is 8.11. The smallest absolute Gasteiger partial charge is 0.309 e. The quantitative estimate of drug-likeness (QED) is 0.0234. The minimum atomic E-state index is -0.779. The number of nitro benzene ring substituents is 3. The summed E-state index contributed by atoms with van der Waals surface area (Å²) in [6, 6.07) is 46.2. The van der Waals surface area contributed by atoms with Crippen molar-refractivity contribution in [3.63, 3.8) is 0 Å². The molecule has 0 unspecified atom stereocenters. The topological polar surface area (TPSA) is 187 Å². The van der Waals surface area contributed by atoms with E-state index in [1.165, 1.54) is 18.2 Å². The largest absolute Gasteiger partial charge is 0.491 e. The zero-order chi connectivity index (χ0) is 64.9. The van der Waals surface area contributed by atoms with E-state index in [-0.39, 0.29) is 53.3 Å². The second-order valence-corrected chi connectivity index (χ2v) is 22.4. The SMILES string of the molecule is Cc1ccc(C#Cc2c(C#Cc3ccc(C)cc3)c(C#Cc3ccc(C)cc3)c(OCCCCCCCCCCCOC(=O)CCO/N=C3\c4cc([N+](=O)[O-])ccc4-c4c3cc([N+](=O)[O-])cc4[N+](=O)[O-])c(C#Cc3ccc(C)cc3)c2C#Cc2ccc(C)cc2)cc1. The highest BCUT2D eigenvalue weighted by atomic mass is 16.6. The van der Waals surface area contributed by atoms with Crippen LogP contribution in [0.3, 0.4) is 0 Å². The zero-order valence-electron chi connectivity index (χ0n) is 52.0. The molecule has 9 rings (SSSR count). The number of unbranched alkanes of at least 4 members (excludes halogenated alkanes) is 8. The molecule has 458 valence electrons. The molecule has 0 aromatic heterocycles. The lowest BCUT2D eigenvalue weighted by Crippen LogP contribution is -2.09. The highest BCUT2D eigenvalue weighted by Crippen LogP contribution is 2.46. The minimum absolute atomic E-state index is 0.00357. The van der Waals surface area contributed by atoms with E-state index >= 15 is 0 Å². The number of non-ortho nitro benzene ring substituents is 2. The summed E-state index contributed by atoms with van der Waals surface area (Å²) in [5.74, 6) is 35.1. The van der Waals surface area contributed by atoms with Crippen molar-refractivity contribution in [3.05, 3.63) is 277 Å². The van der Waals surface area contributed by atoms with Gasteiger partial charge in [-0.2, -0.15) is 0 Å². The van der Waals surface area contributed by atoms with Crippen molar-refractivity contribution in [1.29, 1.82) is 0 Å². The van der Waals surface area contributed by atoms with Crippen LogP contribution >= 0.6 is 0 Å². The number of esters is 1. The van der Waals surface area contributed by atoms with E-state index in [1.54, 1.807) is 0 Å². The van der Waals surface area contributed by atoms with Crippen LogP contribution in [0.15, 0.2) is 157 Å². The van der Waals surface area contributed by atoms with E-state index in [0.29, 0.717) is 46.6 Å². The van der Waals surface area contributed by atoms with E-state index in [1.807, 2.05) is 135 Å². The second kappa shape index (κ2) is 31.6. The van der Waals surface area contributed by atoms with Gasteiger partial charge in [0, 0.05) is 57.1 Å². The Bertz CT molecular complexity index is 4300. The lowest BCUT2D eigenvalue weighted by Gasteiger charge is -2.17. The van der Waals surface area contributed by atoms with Gasteiger partial charge in [-0.1, -0.05) is 198 Å². The Kier molecular flexibility index (Phi) is 22.3. The molecule has 92 heavy (non-hydrogen) atoms. The molecule has 1 aliphatic carbocycles. The minimum Gasteiger partial charge on any atom is -0.491 e. The van der Waals surface area contributed by atoms with Gasteiger partial charge in [-0.15, -0.1) is 0 Å². The number of hydrogen-bond acceptors (Lipinski definition) is 11. The molecule has 1 aliphatic rings. The fourth-order valence-electron chi connectivity index (χ4n) is 10.1. The monoisotopic (exact) mass is 1220 g/mol. The van der Waals surface area contributed by atoms with E-state index in [4.69, 9.17) is 14.3 Å². The predicted octanol–water partition coefficient (Wildman–Crippen LogP) is 16.2. The molecule has 0 fully saturated rings. The van der Waals surface area contributed by atoms with Crippen LogP contribution in [0.2, 0.25) is 0 Å². The molecule has 0 heterocycles. The van der Waals surface area contributed by atoms with Crippen LogP contribution in [0, 0.1) is 124 Å². The van der Waals surface area contributed by atoms with Crippen LogP contribution in [-0.4, -0.2) is 46.3 Å².